The Bertz CT molecular complexity index is 719. The van der Waals surface area contributed by atoms with Crippen LogP contribution in [0.25, 0.3) is 0 Å². The summed E-state index contributed by atoms with van der Waals surface area (Å²) < 4.78 is 0. The zero-order valence-corrected chi connectivity index (χ0v) is 12.4. The van der Waals surface area contributed by atoms with E-state index in [1.807, 2.05) is 24.3 Å². The van der Waals surface area contributed by atoms with Crippen LogP contribution in [-0.4, -0.2) is 11.3 Å². The van der Waals surface area contributed by atoms with E-state index in [9.17, 15) is 0 Å². The van der Waals surface area contributed by atoms with Crippen molar-refractivity contribution in [3.05, 3.63) is 83.6 Å². The lowest BCUT2D eigenvalue weighted by Crippen LogP contribution is -2.20. The van der Waals surface area contributed by atoms with Crippen molar-refractivity contribution in [2.75, 3.05) is 0 Å². The molecule has 2 rings (SSSR count). The average Bonchev–Trinajstić information content (AvgIpc) is 2.62. The molecule has 0 radical (unpaired) electrons. The molecule has 23 heavy (non-hydrogen) atoms. The number of hydrogen-bond donors (Lipinski definition) is 1. The third-order valence-corrected chi connectivity index (χ3v) is 3.36. The summed E-state index contributed by atoms with van der Waals surface area (Å²) in [5.74, 6) is 0. The summed E-state index contributed by atoms with van der Waals surface area (Å²) in [7, 11) is 0. The van der Waals surface area contributed by atoms with Gasteiger partial charge in [0.25, 0.3) is 0 Å². The maximum atomic E-state index is 8.93. The van der Waals surface area contributed by atoms with Gasteiger partial charge in [0.2, 0.25) is 0 Å². The molecule has 5 nitrogen and oxygen atoms in total. The van der Waals surface area contributed by atoms with Crippen LogP contribution in [0.3, 0.4) is 0 Å². The topological polar surface area (TPSA) is 89.2 Å². The second-order valence-corrected chi connectivity index (χ2v) is 4.70. The SMILES string of the molecule is C=CN(/N=C\N)C(c1ccc(C#N)cc1)c1ccc(C#N)cc1. The van der Waals surface area contributed by atoms with Crippen LogP contribution in [0.15, 0.2) is 66.4 Å². The molecule has 0 aliphatic carbocycles. The van der Waals surface area contributed by atoms with Gasteiger partial charge in [0.1, 0.15) is 12.4 Å². The molecular weight excluding hydrogens is 286 g/mol. The predicted octanol–water partition coefficient (Wildman–Crippen LogP) is 2.87. The monoisotopic (exact) mass is 301 g/mol. The van der Waals surface area contributed by atoms with Crippen LogP contribution in [0.2, 0.25) is 0 Å². The number of nitrogens with zero attached hydrogens (tertiary/aromatic N) is 4. The summed E-state index contributed by atoms with van der Waals surface area (Å²) in [6, 6.07) is 18.4. The molecule has 2 N–H and O–H groups in total. The Kier molecular flexibility index (Phi) is 5.12. The van der Waals surface area contributed by atoms with Gasteiger partial charge in [0.05, 0.1) is 23.3 Å². The first-order valence-corrected chi connectivity index (χ1v) is 6.88. The molecule has 0 amide bonds. The lowest BCUT2D eigenvalue weighted by Gasteiger charge is -2.26. The number of nitriles is 2. The van der Waals surface area contributed by atoms with Crippen molar-refractivity contribution < 1.29 is 0 Å². The molecule has 2 aromatic rings. The summed E-state index contributed by atoms with van der Waals surface area (Å²) in [6.07, 6.45) is 2.77. The summed E-state index contributed by atoms with van der Waals surface area (Å²) >= 11 is 0. The third kappa shape index (κ3) is 3.55. The van der Waals surface area contributed by atoms with Crippen LogP contribution in [0.1, 0.15) is 28.3 Å². The molecule has 0 atom stereocenters. The molecule has 0 heterocycles. The Morgan fingerprint density at radius 1 is 0.957 bits per heavy atom. The van der Waals surface area contributed by atoms with Crippen molar-refractivity contribution in [2.24, 2.45) is 10.8 Å². The first-order valence-electron chi connectivity index (χ1n) is 6.88. The Labute approximate surface area is 135 Å². The van der Waals surface area contributed by atoms with Crippen molar-refractivity contribution in [3.63, 3.8) is 0 Å². The minimum atomic E-state index is -0.257. The second-order valence-electron chi connectivity index (χ2n) is 4.70. The van der Waals surface area contributed by atoms with Gasteiger partial charge < -0.3 is 5.73 Å². The van der Waals surface area contributed by atoms with E-state index in [0.717, 1.165) is 11.1 Å². The molecule has 2 aromatic carbocycles. The van der Waals surface area contributed by atoms with Gasteiger partial charge in [0, 0.05) is 6.20 Å². The minimum absolute atomic E-state index is 0.257. The quantitative estimate of drug-likeness (QED) is 0.522. The van der Waals surface area contributed by atoms with Gasteiger partial charge in [-0.1, -0.05) is 30.8 Å². The molecule has 0 saturated heterocycles. The lowest BCUT2D eigenvalue weighted by atomic mass is 9.96. The van der Waals surface area contributed by atoms with Crippen LogP contribution in [0.5, 0.6) is 0 Å². The van der Waals surface area contributed by atoms with E-state index in [1.165, 1.54) is 6.34 Å². The van der Waals surface area contributed by atoms with Gasteiger partial charge in [-0.25, -0.2) is 0 Å². The van der Waals surface area contributed by atoms with Crippen LogP contribution in [0, 0.1) is 22.7 Å². The van der Waals surface area contributed by atoms with E-state index >= 15 is 0 Å². The van der Waals surface area contributed by atoms with Crippen molar-refractivity contribution >= 4 is 6.34 Å². The third-order valence-electron chi connectivity index (χ3n) is 3.36. The van der Waals surface area contributed by atoms with Gasteiger partial charge in [-0.3, -0.25) is 5.01 Å². The zero-order valence-electron chi connectivity index (χ0n) is 12.4. The normalized spacial score (nSPS) is 10.2. The lowest BCUT2D eigenvalue weighted by molar-refractivity contribution is 0.336. The number of hydrogen-bond acceptors (Lipinski definition) is 4. The van der Waals surface area contributed by atoms with E-state index in [4.69, 9.17) is 16.3 Å². The highest BCUT2D eigenvalue weighted by Gasteiger charge is 2.19. The first kappa shape index (κ1) is 15.8. The highest BCUT2D eigenvalue weighted by atomic mass is 15.5. The van der Waals surface area contributed by atoms with Crippen molar-refractivity contribution in [1.29, 1.82) is 10.5 Å². The Hall–Kier alpha value is -3.57. The Morgan fingerprint density at radius 2 is 1.39 bits per heavy atom. The summed E-state index contributed by atoms with van der Waals surface area (Å²) in [4.78, 5) is 0. The van der Waals surface area contributed by atoms with E-state index in [0.29, 0.717) is 11.1 Å². The number of rotatable bonds is 5. The highest BCUT2D eigenvalue weighted by molar-refractivity contribution is 5.51. The largest absolute Gasteiger partial charge is 0.388 e. The highest BCUT2D eigenvalue weighted by Crippen LogP contribution is 2.29. The van der Waals surface area contributed by atoms with Crippen LogP contribution >= 0.6 is 0 Å². The van der Waals surface area contributed by atoms with Crippen molar-refractivity contribution in [3.8, 4) is 12.1 Å². The van der Waals surface area contributed by atoms with Crippen LogP contribution < -0.4 is 5.73 Å². The fourth-order valence-corrected chi connectivity index (χ4v) is 2.27. The molecule has 0 fully saturated rings. The summed E-state index contributed by atoms with van der Waals surface area (Å²) in [5, 5.41) is 23.6. The van der Waals surface area contributed by atoms with Crippen molar-refractivity contribution in [2.45, 2.75) is 6.04 Å². The fourth-order valence-electron chi connectivity index (χ4n) is 2.27. The molecule has 112 valence electrons. The molecule has 0 spiro atoms. The molecule has 0 aliphatic heterocycles. The van der Waals surface area contributed by atoms with Gasteiger partial charge in [-0.2, -0.15) is 15.6 Å². The predicted molar refractivity (Wildman–Crippen MR) is 88.9 cm³/mol. The van der Waals surface area contributed by atoms with Crippen LogP contribution in [0.4, 0.5) is 0 Å². The molecule has 0 aromatic heterocycles. The molecule has 0 unspecified atom stereocenters. The zero-order chi connectivity index (χ0) is 16.7. The molecule has 0 bridgehead atoms. The van der Waals surface area contributed by atoms with Gasteiger partial charge in [0.15, 0.2) is 0 Å². The Balaban J connectivity index is 2.51. The van der Waals surface area contributed by atoms with Crippen molar-refractivity contribution in [1.82, 2.24) is 5.01 Å². The molecular formula is C18H15N5. The number of benzene rings is 2. The summed E-state index contributed by atoms with van der Waals surface area (Å²) in [5.41, 5.74) is 8.45. The summed E-state index contributed by atoms with van der Waals surface area (Å²) in [6.45, 7) is 3.77. The maximum Gasteiger partial charge on any atom is 0.106 e. The second kappa shape index (κ2) is 7.44. The van der Waals surface area contributed by atoms with E-state index in [1.54, 1.807) is 35.5 Å². The van der Waals surface area contributed by atoms with Gasteiger partial charge in [-0.05, 0) is 35.4 Å². The smallest absolute Gasteiger partial charge is 0.106 e. The minimum Gasteiger partial charge on any atom is -0.388 e. The molecule has 0 saturated carbocycles. The van der Waals surface area contributed by atoms with E-state index < -0.39 is 0 Å². The Morgan fingerprint density at radius 3 is 1.70 bits per heavy atom. The van der Waals surface area contributed by atoms with E-state index in [2.05, 4.69) is 23.8 Å². The molecule has 0 aliphatic rings. The first-order chi connectivity index (χ1) is 11.2. The standard InChI is InChI=1S/C18H15N5/c1-2-23(22-13-21)18(16-7-3-14(11-19)4-8-16)17-9-5-15(12-20)6-10-17/h2-10,13,18H,1H2,(H2,21,22). The fraction of sp³-hybridized carbons (Fsp3) is 0.0556. The number of nitrogens with two attached hydrogens (primary N) is 1. The van der Waals surface area contributed by atoms with Crippen LogP contribution in [-0.2, 0) is 0 Å². The molecule has 5 heteroatoms. The van der Waals surface area contributed by atoms with Gasteiger partial charge >= 0.3 is 0 Å². The van der Waals surface area contributed by atoms with Gasteiger partial charge in [-0.15, -0.1) is 0 Å². The maximum absolute atomic E-state index is 8.93. The number of hydrazone groups is 1. The van der Waals surface area contributed by atoms with E-state index in [-0.39, 0.29) is 6.04 Å². The average molecular weight is 301 g/mol.